The number of nitrogens with one attached hydrogen (secondary N) is 3. The second-order valence-electron chi connectivity index (χ2n) is 6.86. The maximum atomic E-state index is 11.8. The Morgan fingerprint density at radius 1 is 1.15 bits per heavy atom. The average Bonchev–Trinajstić information content (AvgIpc) is 2.57. The fraction of sp³-hybridized carbons (Fsp3) is 0.500. The number of amides is 1. The van der Waals surface area contributed by atoms with Crippen LogP contribution in [0.4, 0.5) is 10.5 Å². The number of hydrogen-bond acceptors (Lipinski definition) is 3. The van der Waals surface area contributed by atoms with Gasteiger partial charge in [-0.25, -0.2) is 4.79 Å². The predicted molar refractivity (Wildman–Crippen MR) is 109 cm³/mol. The number of benzene rings is 1. The number of guanidine groups is 1. The molecule has 1 rings (SSSR count). The van der Waals surface area contributed by atoms with Crippen molar-refractivity contribution in [1.82, 2.24) is 10.6 Å². The van der Waals surface area contributed by atoms with Gasteiger partial charge < -0.3 is 15.4 Å². The van der Waals surface area contributed by atoms with Crippen molar-refractivity contribution in [1.29, 1.82) is 0 Å². The second-order valence-corrected chi connectivity index (χ2v) is 6.86. The highest BCUT2D eigenvalue weighted by atomic mass is 16.6. The van der Waals surface area contributed by atoms with Crippen LogP contribution in [0.5, 0.6) is 0 Å². The van der Waals surface area contributed by atoms with Crippen molar-refractivity contribution < 1.29 is 9.53 Å². The quantitative estimate of drug-likeness (QED) is 0.300. The van der Waals surface area contributed by atoms with Crippen LogP contribution in [0.15, 0.2) is 41.4 Å². The van der Waals surface area contributed by atoms with Gasteiger partial charge in [-0.1, -0.05) is 24.3 Å². The van der Waals surface area contributed by atoms with Crippen LogP contribution in [-0.4, -0.2) is 37.8 Å². The molecule has 0 saturated carbocycles. The summed E-state index contributed by atoms with van der Waals surface area (Å²) in [6, 6.07) is 7.75. The van der Waals surface area contributed by atoms with Crippen molar-refractivity contribution in [3.63, 3.8) is 0 Å². The lowest BCUT2D eigenvalue weighted by Gasteiger charge is -2.19. The number of ether oxygens (including phenoxy) is 1. The number of carbonyl (C=O) groups excluding carboxylic acids is 1. The van der Waals surface area contributed by atoms with Gasteiger partial charge in [-0.2, -0.15) is 0 Å². The molecule has 0 bridgehead atoms. The Kier molecular flexibility index (Phi) is 9.26. The zero-order valence-electron chi connectivity index (χ0n) is 16.6. The molecule has 0 aliphatic rings. The first-order valence-corrected chi connectivity index (χ1v) is 8.98. The monoisotopic (exact) mass is 360 g/mol. The molecule has 1 amide bonds. The normalized spacial score (nSPS) is 12.1. The number of allylic oxidation sites excluding steroid dienone is 1. The Hall–Kier alpha value is -2.50. The highest BCUT2D eigenvalue weighted by Gasteiger charge is 2.15. The van der Waals surface area contributed by atoms with E-state index >= 15 is 0 Å². The Morgan fingerprint density at radius 3 is 2.38 bits per heavy atom. The van der Waals surface area contributed by atoms with Gasteiger partial charge in [-0.3, -0.25) is 10.3 Å². The lowest BCUT2D eigenvalue weighted by atomic mass is 10.1. The summed E-state index contributed by atoms with van der Waals surface area (Å²) >= 11 is 0. The fourth-order valence-electron chi connectivity index (χ4n) is 2.16. The number of hydrogen-bond donors (Lipinski definition) is 3. The van der Waals surface area contributed by atoms with Crippen LogP contribution >= 0.6 is 0 Å². The maximum absolute atomic E-state index is 11.8. The topological polar surface area (TPSA) is 74.8 Å². The molecule has 6 heteroatoms. The Bertz CT molecular complexity index is 601. The predicted octanol–water partition coefficient (Wildman–Crippen LogP) is 3.71. The van der Waals surface area contributed by atoms with Crippen molar-refractivity contribution in [2.45, 2.75) is 46.1 Å². The third-order valence-corrected chi connectivity index (χ3v) is 3.37. The lowest BCUT2D eigenvalue weighted by Crippen LogP contribution is -2.38. The summed E-state index contributed by atoms with van der Waals surface area (Å²) in [6.45, 7) is 9.17. The van der Waals surface area contributed by atoms with Gasteiger partial charge in [-0.05, 0) is 58.2 Å². The van der Waals surface area contributed by atoms with Crippen molar-refractivity contribution in [2.24, 2.45) is 4.99 Å². The SMILES string of the molecule is C/C=C/CCNC(=NC)NCCc1ccc(NC(=O)OC(C)(C)C)cc1. The highest BCUT2D eigenvalue weighted by molar-refractivity contribution is 5.84. The van der Waals surface area contributed by atoms with Crippen LogP contribution in [0.1, 0.15) is 39.7 Å². The minimum atomic E-state index is -0.505. The standard InChI is InChI=1S/C20H32N4O2/c1-6-7-8-14-22-18(21-5)23-15-13-16-9-11-17(12-10-16)24-19(25)26-20(2,3)4/h6-7,9-12H,8,13-15H2,1-5H3,(H,24,25)(H2,21,22,23)/b7-6+. The average molecular weight is 361 g/mol. The van der Waals surface area contributed by atoms with E-state index in [1.165, 1.54) is 5.56 Å². The smallest absolute Gasteiger partial charge is 0.412 e. The summed E-state index contributed by atoms with van der Waals surface area (Å²) in [6.07, 6.45) is 5.55. The zero-order chi connectivity index (χ0) is 19.4. The van der Waals surface area contributed by atoms with Gasteiger partial charge in [0.2, 0.25) is 0 Å². The van der Waals surface area contributed by atoms with Gasteiger partial charge >= 0.3 is 6.09 Å². The van der Waals surface area contributed by atoms with E-state index in [9.17, 15) is 4.79 Å². The molecule has 0 fully saturated rings. The van der Waals surface area contributed by atoms with E-state index in [0.29, 0.717) is 0 Å². The minimum absolute atomic E-state index is 0.445. The number of carbonyl (C=O) groups is 1. The summed E-state index contributed by atoms with van der Waals surface area (Å²) in [5.41, 5.74) is 1.39. The summed E-state index contributed by atoms with van der Waals surface area (Å²) in [7, 11) is 1.77. The van der Waals surface area contributed by atoms with Gasteiger partial charge in [0.15, 0.2) is 5.96 Å². The number of rotatable bonds is 7. The van der Waals surface area contributed by atoms with E-state index in [0.717, 1.165) is 37.6 Å². The zero-order valence-corrected chi connectivity index (χ0v) is 16.6. The molecule has 26 heavy (non-hydrogen) atoms. The third-order valence-electron chi connectivity index (χ3n) is 3.37. The van der Waals surface area contributed by atoms with Crippen LogP contribution in [0.3, 0.4) is 0 Å². The molecule has 0 radical (unpaired) electrons. The molecule has 0 heterocycles. The molecule has 0 spiro atoms. The maximum Gasteiger partial charge on any atom is 0.412 e. The van der Waals surface area contributed by atoms with Crippen molar-refractivity contribution in [3.05, 3.63) is 42.0 Å². The molecule has 3 N–H and O–H groups in total. The van der Waals surface area contributed by atoms with Crippen LogP contribution in [0.25, 0.3) is 0 Å². The fourth-order valence-corrected chi connectivity index (χ4v) is 2.16. The number of aliphatic imine (C=N–C) groups is 1. The molecule has 0 atom stereocenters. The van der Waals surface area contributed by atoms with E-state index in [1.807, 2.05) is 58.0 Å². The Labute approximate surface area is 157 Å². The first kappa shape index (κ1) is 21.5. The summed E-state index contributed by atoms with van der Waals surface area (Å²) in [5.74, 6) is 0.803. The van der Waals surface area contributed by atoms with Crippen LogP contribution in [0, 0.1) is 0 Å². The van der Waals surface area contributed by atoms with Crippen LogP contribution in [-0.2, 0) is 11.2 Å². The Morgan fingerprint density at radius 2 is 1.81 bits per heavy atom. The van der Waals surface area contributed by atoms with Crippen LogP contribution < -0.4 is 16.0 Å². The number of anilines is 1. The minimum Gasteiger partial charge on any atom is -0.444 e. The third kappa shape index (κ3) is 9.71. The summed E-state index contributed by atoms with van der Waals surface area (Å²) in [5, 5.41) is 9.29. The molecule has 1 aromatic carbocycles. The molecule has 6 nitrogen and oxygen atoms in total. The molecule has 144 valence electrons. The van der Waals surface area contributed by atoms with Gasteiger partial charge in [-0.15, -0.1) is 0 Å². The summed E-state index contributed by atoms with van der Waals surface area (Å²) < 4.78 is 5.24. The molecule has 0 aromatic heterocycles. The van der Waals surface area contributed by atoms with E-state index < -0.39 is 11.7 Å². The van der Waals surface area contributed by atoms with Gasteiger partial charge in [0.25, 0.3) is 0 Å². The molecular weight excluding hydrogens is 328 g/mol. The molecule has 0 aliphatic carbocycles. The molecule has 0 saturated heterocycles. The Balaban J connectivity index is 2.37. The van der Waals surface area contributed by atoms with Crippen molar-refractivity contribution in [3.8, 4) is 0 Å². The van der Waals surface area contributed by atoms with Crippen LogP contribution in [0.2, 0.25) is 0 Å². The van der Waals surface area contributed by atoms with E-state index in [1.54, 1.807) is 7.05 Å². The van der Waals surface area contributed by atoms with Gasteiger partial charge in [0.05, 0.1) is 0 Å². The highest BCUT2D eigenvalue weighted by Crippen LogP contribution is 2.13. The summed E-state index contributed by atoms with van der Waals surface area (Å²) in [4.78, 5) is 16.0. The molecular formula is C20H32N4O2. The van der Waals surface area contributed by atoms with E-state index in [-0.39, 0.29) is 0 Å². The number of nitrogens with zero attached hydrogens (tertiary/aromatic N) is 1. The molecule has 0 unspecified atom stereocenters. The lowest BCUT2D eigenvalue weighted by molar-refractivity contribution is 0.0636. The van der Waals surface area contributed by atoms with E-state index in [2.05, 4.69) is 27.0 Å². The molecule has 1 aromatic rings. The second kappa shape index (κ2) is 11.2. The first-order valence-electron chi connectivity index (χ1n) is 8.98. The molecule has 0 aliphatic heterocycles. The van der Waals surface area contributed by atoms with E-state index in [4.69, 9.17) is 4.74 Å². The largest absolute Gasteiger partial charge is 0.444 e. The van der Waals surface area contributed by atoms with Crippen molar-refractivity contribution in [2.75, 3.05) is 25.5 Å². The first-order chi connectivity index (χ1) is 12.3. The van der Waals surface area contributed by atoms with Crippen molar-refractivity contribution >= 4 is 17.7 Å². The van der Waals surface area contributed by atoms with Gasteiger partial charge in [0.1, 0.15) is 5.60 Å². The van der Waals surface area contributed by atoms with Gasteiger partial charge in [0, 0.05) is 25.8 Å².